The van der Waals surface area contributed by atoms with E-state index in [1.807, 2.05) is 0 Å². The van der Waals surface area contributed by atoms with Gasteiger partial charge >= 0.3 is 7.60 Å². The van der Waals surface area contributed by atoms with Crippen molar-refractivity contribution in [1.82, 2.24) is 0 Å². The van der Waals surface area contributed by atoms with E-state index in [1.54, 1.807) is 0 Å². The summed E-state index contributed by atoms with van der Waals surface area (Å²) in [5, 5.41) is 0. The van der Waals surface area contributed by atoms with Crippen LogP contribution in [0.15, 0.2) is 0 Å². The Morgan fingerprint density at radius 3 is 1.50 bits per heavy atom. The molecule has 0 aromatic rings. The maximum atomic E-state index is 9.69. The Morgan fingerprint density at radius 2 is 1.50 bits per heavy atom. The first-order chi connectivity index (χ1) is 4.47. The van der Waals surface area contributed by atoms with Crippen LogP contribution in [-0.2, 0) is 4.57 Å². The Hall–Kier alpha value is 0.0700. The van der Waals surface area contributed by atoms with Crippen molar-refractivity contribution < 1.29 is 14.4 Å². The second-order valence-electron chi connectivity index (χ2n) is 1.56. The van der Waals surface area contributed by atoms with E-state index < -0.39 is 7.60 Å². The minimum Gasteiger partial charge on any atom is -0.329 e. The second-order valence-corrected chi connectivity index (χ2v) is 3.52. The highest BCUT2D eigenvalue weighted by Crippen LogP contribution is 2.32. The number of hydrogen-bond acceptors (Lipinski definition) is 3. The van der Waals surface area contributed by atoms with Crippen LogP contribution < -0.4 is 11.5 Å². The fourth-order valence-electron chi connectivity index (χ4n) is 0. The Labute approximate surface area is 60.6 Å². The van der Waals surface area contributed by atoms with Crippen molar-refractivity contribution >= 4 is 7.60 Å². The molecular formula is C4H15N2O3P. The maximum absolute atomic E-state index is 9.69. The first kappa shape index (κ1) is 12.7. The van der Waals surface area contributed by atoms with Crippen LogP contribution in [0.5, 0.6) is 0 Å². The van der Waals surface area contributed by atoms with Crippen molar-refractivity contribution in [3.05, 3.63) is 0 Å². The maximum Gasteiger partial charge on any atom is 0.325 e. The predicted molar refractivity (Wildman–Crippen MR) is 40.7 cm³/mol. The van der Waals surface area contributed by atoms with Crippen LogP contribution in [0.3, 0.4) is 0 Å². The third-order valence-corrected chi connectivity index (χ3v) is 1.40. The van der Waals surface area contributed by atoms with Crippen molar-refractivity contribution in [2.45, 2.75) is 6.92 Å². The molecule has 5 nitrogen and oxygen atoms in total. The van der Waals surface area contributed by atoms with Crippen molar-refractivity contribution in [2.75, 3.05) is 19.3 Å². The van der Waals surface area contributed by atoms with Gasteiger partial charge in [0.15, 0.2) is 0 Å². The molecule has 0 spiro atoms. The topological polar surface area (TPSA) is 110 Å². The highest BCUT2D eigenvalue weighted by molar-refractivity contribution is 7.51. The molecule has 0 aromatic heterocycles. The van der Waals surface area contributed by atoms with Gasteiger partial charge in [-0.15, -0.1) is 0 Å². The lowest BCUT2D eigenvalue weighted by Gasteiger charge is -1.92. The molecule has 0 saturated heterocycles. The van der Waals surface area contributed by atoms with E-state index in [1.165, 1.54) is 6.92 Å². The van der Waals surface area contributed by atoms with Crippen LogP contribution in [0, 0.1) is 0 Å². The quantitative estimate of drug-likeness (QED) is 0.401. The van der Waals surface area contributed by atoms with Gasteiger partial charge in [0.05, 0.1) is 0 Å². The van der Waals surface area contributed by atoms with E-state index in [-0.39, 0.29) is 6.16 Å². The molecule has 0 aliphatic rings. The Kier molecular flexibility index (Phi) is 9.13. The molecule has 0 fully saturated rings. The fourth-order valence-corrected chi connectivity index (χ4v) is 0. The molecule has 6 heteroatoms. The summed E-state index contributed by atoms with van der Waals surface area (Å²) in [6.07, 6.45) is -0.0625. The molecule has 0 radical (unpaired) electrons. The third kappa shape index (κ3) is 24.4. The molecule has 0 saturated carbocycles. The molecule has 0 aliphatic carbocycles. The molecule has 0 heterocycles. The lowest BCUT2D eigenvalue weighted by Crippen LogP contribution is -2.11. The van der Waals surface area contributed by atoms with Gasteiger partial charge in [-0.05, 0) is 0 Å². The standard InChI is InChI=1S/C2H8N2.C2H7O3P/c3-1-2-4;1-2-6(3,4)5/h1-4H2;2H2,1H3,(H2,3,4,5). The van der Waals surface area contributed by atoms with Crippen LogP contribution in [0.4, 0.5) is 0 Å². The van der Waals surface area contributed by atoms with E-state index in [9.17, 15) is 4.57 Å². The molecule has 0 aromatic carbocycles. The van der Waals surface area contributed by atoms with Gasteiger partial charge in [0.1, 0.15) is 0 Å². The van der Waals surface area contributed by atoms with Gasteiger partial charge in [-0.3, -0.25) is 4.57 Å². The van der Waals surface area contributed by atoms with Gasteiger partial charge in [-0.1, -0.05) is 6.92 Å². The summed E-state index contributed by atoms with van der Waals surface area (Å²) in [7, 11) is -3.65. The summed E-state index contributed by atoms with van der Waals surface area (Å²) in [4.78, 5) is 15.9. The van der Waals surface area contributed by atoms with E-state index in [0.717, 1.165) is 0 Å². The normalized spacial score (nSPS) is 10.1. The molecule has 0 atom stereocenters. The largest absolute Gasteiger partial charge is 0.329 e. The molecule has 64 valence electrons. The average Bonchev–Trinajstić information content (AvgIpc) is 1.87. The smallest absolute Gasteiger partial charge is 0.325 e. The molecule has 0 amide bonds. The lowest BCUT2D eigenvalue weighted by molar-refractivity contribution is 0.375. The number of hydrogen-bond donors (Lipinski definition) is 4. The molecule has 0 aliphatic heterocycles. The van der Waals surface area contributed by atoms with Crippen molar-refractivity contribution in [3.8, 4) is 0 Å². The fraction of sp³-hybridized carbons (Fsp3) is 1.00. The highest BCUT2D eigenvalue weighted by Gasteiger charge is 2.05. The zero-order valence-corrected chi connectivity index (χ0v) is 6.92. The van der Waals surface area contributed by atoms with Gasteiger partial charge in [0, 0.05) is 19.3 Å². The second kappa shape index (κ2) is 7.18. The molecule has 0 unspecified atom stereocenters. The molecule has 0 bridgehead atoms. The van der Waals surface area contributed by atoms with Gasteiger partial charge in [0.25, 0.3) is 0 Å². The van der Waals surface area contributed by atoms with Crippen molar-refractivity contribution in [1.29, 1.82) is 0 Å². The zero-order valence-electron chi connectivity index (χ0n) is 6.03. The SMILES string of the molecule is CCP(=O)(O)O.NCCN. The minimum atomic E-state index is -3.65. The van der Waals surface area contributed by atoms with Gasteiger partial charge in [-0.2, -0.15) is 0 Å². The summed E-state index contributed by atoms with van der Waals surface area (Å²) in [6.45, 7) is 2.64. The van der Waals surface area contributed by atoms with Crippen LogP contribution in [0.1, 0.15) is 6.92 Å². The lowest BCUT2D eigenvalue weighted by atomic mass is 10.7. The van der Waals surface area contributed by atoms with E-state index in [0.29, 0.717) is 13.1 Å². The van der Waals surface area contributed by atoms with E-state index in [4.69, 9.17) is 21.3 Å². The molecule has 10 heavy (non-hydrogen) atoms. The summed E-state index contributed by atoms with van der Waals surface area (Å²) in [5.74, 6) is 0. The summed E-state index contributed by atoms with van der Waals surface area (Å²) in [5.41, 5.74) is 9.81. The first-order valence-electron chi connectivity index (χ1n) is 2.92. The van der Waals surface area contributed by atoms with Crippen molar-refractivity contribution in [3.63, 3.8) is 0 Å². The summed E-state index contributed by atoms with van der Waals surface area (Å²) >= 11 is 0. The monoisotopic (exact) mass is 170 g/mol. The Bertz CT molecular complexity index is 101. The zero-order chi connectivity index (χ0) is 8.62. The Balaban J connectivity index is 0. The minimum absolute atomic E-state index is 0.0625. The summed E-state index contributed by atoms with van der Waals surface area (Å²) in [6, 6.07) is 0. The van der Waals surface area contributed by atoms with Crippen LogP contribution >= 0.6 is 7.60 Å². The molecule has 0 rings (SSSR count). The number of nitrogens with two attached hydrogens (primary N) is 2. The van der Waals surface area contributed by atoms with Crippen LogP contribution in [0.25, 0.3) is 0 Å². The first-order valence-corrected chi connectivity index (χ1v) is 4.72. The van der Waals surface area contributed by atoms with Crippen LogP contribution in [-0.4, -0.2) is 29.0 Å². The number of rotatable bonds is 2. The van der Waals surface area contributed by atoms with Crippen molar-refractivity contribution in [2.24, 2.45) is 11.5 Å². The van der Waals surface area contributed by atoms with E-state index in [2.05, 4.69) is 0 Å². The molecule has 6 N–H and O–H groups in total. The average molecular weight is 170 g/mol. The predicted octanol–water partition coefficient (Wildman–Crippen LogP) is -0.912. The van der Waals surface area contributed by atoms with Gasteiger partial charge in [-0.25, -0.2) is 0 Å². The Morgan fingerprint density at radius 1 is 1.30 bits per heavy atom. The third-order valence-electron chi connectivity index (χ3n) is 0.579. The van der Waals surface area contributed by atoms with E-state index >= 15 is 0 Å². The highest BCUT2D eigenvalue weighted by atomic mass is 31.2. The summed E-state index contributed by atoms with van der Waals surface area (Å²) < 4.78 is 9.69. The van der Waals surface area contributed by atoms with Crippen LogP contribution in [0.2, 0.25) is 0 Å². The van der Waals surface area contributed by atoms with Gasteiger partial charge < -0.3 is 21.3 Å². The molecular weight excluding hydrogens is 155 g/mol. The van der Waals surface area contributed by atoms with Gasteiger partial charge in [0.2, 0.25) is 0 Å².